The van der Waals surface area contributed by atoms with Gasteiger partial charge >= 0.3 is 0 Å². The van der Waals surface area contributed by atoms with E-state index in [2.05, 4.69) is 9.88 Å². The quantitative estimate of drug-likeness (QED) is 0.918. The first kappa shape index (κ1) is 13.4. The van der Waals surface area contributed by atoms with E-state index in [1.165, 1.54) is 0 Å². The van der Waals surface area contributed by atoms with Gasteiger partial charge in [0.15, 0.2) is 0 Å². The van der Waals surface area contributed by atoms with Crippen LogP contribution in [0, 0.1) is 6.92 Å². The van der Waals surface area contributed by atoms with Gasteiger partial charge in [-0.3, -0.25) is 10.1 Å². The van der Waals surface area contributed by atoms with E-state index >= 15 is 0 Å². The summed E-state index contributed by atoms with van der Waals surface area (Å²) in [5.41, 5.74) is 2.54. The summed E-state index contributed by atoms with van der Waals surface area (Å²) in [6, 6.07) is 11.9. The van der Waals surface area contributed by atoms with E-state index in [1.54, 1.807) is 7.11 Å². The highest BCUT2D eigenvalue weighted by Gasteiger charge is 2.49. The van der Waals surface area contributed by atoms with Crippen molar-refractivity contribution < 1.29 is 9.53 Å². The Balaban J connectivity index is 1.84. The van der Waals surface area contributed by atoms with Crippen molar-refractivity contribution in [2.45, 2.75) is 19.1 Å². The van der Waals surface area contributed by atoms with E-state index in [0.717, 1.165) is 42.3 Å². The molecule has 22 heavy (non-hydrogen) atoms. The molecule has 5 nitrogen and oxygen atoms in total. The summed E-state index contributed by atoms with van der Waals surface area (Å²) in [6.45, 7) is 4.32. The molecule has 1 aromatic heterocycles. The van der Waals surface area contributed by atoms with Crippen LogP contribution in [0.15, 0.2) is 36.4 Å². The van der Waals surface area contributed by atoms with Crippen LogP contribution in [0.25, 0.3) is 0 Å². The van der Waals surface area contributed by atoms with E-state index in [0.29, 0.717) is 0 Å². The molecular formula is C17H19N3O2. The van der Waals surface area contributed by atoms with Crippen LogP contribution >= 0.6 is 0 Å². The van der Waals surface area contributed by atoms with Crippen molar-refractivity contribution in [1.82, 2.24) is 14.8 Å². The van der Waals surface area contributed by atoms with Crippen molar-refractivity contribution >= 4 is 5.91 Å². The van der Waals surface area contributed by atoms with Gasteiger partial charge in [-0.15, -0.1) is 0 Å². The highest BCUT2D eigenvalue weighted by Crippen LogP contribution is 2.37. The van der Waals surface area contributed by atoms with Gasteiger partial charge in [0.05, 0.1) is 13.7 Å². The number of benzene rings is 1. The fourth-order valence-electron chi connectivity index (χ4n) is 3.63. The average molecular weight is 297 g/mol. The molecule has 0 saturated carbocycles. The van der Waals surface area contributed by atoms with Crippen molar-refractivity contribution in [2.75, 3.05) is 20.2 Å². The van der Waals surface area contributed by atoms with Gasteiger partial charge in [0.1, 0.15) is 17.1 Å². The Labute approximate surface area is 129 Å². The molecule has 1 saturated heterocycles. The minimum Gasteiger partial charge on any atom is -0.497 e. The summed E-state index contributed by atoms with van der Waals surface area (Å²) in [6.07, 6.45) is 0. The first-order valence-electron chi connectivity index (χ1n) is 7.53. The van der Waals surface area contributed by atoms with Gasteiger partial charge in [-0.2, -0.15) is 0 Å². The molecule has 0 aliphatic carbocycles. The molecule has 1 aromatic carbocycles. The standard InChI is InChI=1S/C17H19N3O2/c1-12-3-8-15-16(21)20-10-9-18-17(20,11-19(12)15)13-4-6-14(22-2)7-5-13/h3-8,18H,9-11H2,1-2H3. The highest BCUT2D eigenvalue weighted by atomic mass is 16.5. The second-order valence-corrected chi connectivity index (χ2v) is 5.92. The maximum Gasteiger partial charge on any atom is 0.272 e. The monoisotopic (exact) mass is 297 g/mol. The molecule has 1 fully saturated rings. The van der Waals surface area contributed by atoms with Crippen LogP contribution in [-0.4, -0.2) is 35.6 Å². The fourth-order valence-corrected chi connectivity index (χ4v) is 3.63. The van der Waals surface area contributed by atoms with Gasteiger partial charge in [0, 0.05) is 18.8 Å². The van der Waals surface area contributed by atoms with Crippen molar-refractivity contribution in [2.24, 2.45) is 0 Å². The lowest BCUT2D eigenvalue weighted by Gasteiger charge is -2.43. The van der Waals surface area contributed by atoms with Crippen LogP contribution in [0.5, 0.6) is 5.75 Å². The Morgan fingerprint density at radius 3 is 2.68 bits per heavy atom. The Hall–Kier alpha value is -2.27. The van der Waals surface area contributed by atoms with Gasteiger partial charge in [-0.1, -0.05) is 12.1 Å². The molecule has 5 heteroatoms. The van der Waals surface area contributed by atoms with E-state index < -0.39 is 5.66 Å². The fraction of sp³-hybridized carbons (Fsp3) is 0.353. The number of aromatic nitrogens is 1. The molecule has 4 rings (SSSR count). The van der Waals surface area contributed by atoms with Crippen molar-refractivity contribution in [1.29, 1.82) is 0 Å². The van der Waals surface area contributed by atoms with Gasteiger partial charge in [-0.05, 0) is 36.8 Å². The van der Waals surface area contributed by atoms with Crippen LogP contribution < -0.4 is 10.1 Å². The summed E-state index contributed by atoms with van der Waals surface area (Å²) in [5, 5.41) is 3.56. The smallest absolute Gasteiger partial charge is 0.272 e. The summed E-state index contributed by atoms with van der Waals surface area (Å²) in [5.74, 6) is 0.921. The number of rotatable bonds is 2. The van der Waals surface area contributed by atoms with E-state index in [4.69, 9.17) is 4.74 Å². The van der Waals surface area contributed by atoms with E-state index in [1.807, 2.05) is 48.2 Å². The topological polar surface area (TPSA) is 46.5 Å². The SMILES string of the molecule is COc1ccc(C23Cn4c(C)ccc4C(=O)N2CCN3)cc1. The number of hydrogen-bond donors (Lipinski definition) is 1. The molecule has 1 atom stereocenters. The van der Waals surface area contributed by atoms with Crippen LogP contribution in [0.1, 0.15) is 21.7 Å². The average Bonchev–Trinajstić information content (AvgIpc) is 3.13. The zero-order chi connectivity index (χ0) is 15.3. The number of carbonyl (C=O) groups excluding carboxylic acids is 1. The largest absolute Gasteiger partial charge is 0.497 e. The molecule has 2 aliphatic rings. The van der Waals surface area contributed by atoms with Gasteiger partial charge in [0.25, 0.3) is 5.91 Å². The molecule has 0 bridgehead atoms. The highest BCUT2D eigenvalue weighted by molar-refractivity contribution is 5.94. The second-order valence-electron chi connectivity index (χ2n) is 5.92. The van der Waals surface area contributed by atoms with Crippen LogP contribution in [-0.2, 0) is 12.2 Å². The van der Waals surface area contributed by atoms with E-state index in [-0.39, 0.29) is 5.91 Å². The van der Waals surface area contributed by atoms with Gasteiger partial charge in [0.2, 0.25) is 0 Å². The number of methoxy groups -OCH3 is 1. The molecule has 0 radical (unpaired) electrons. The zero-order valence-corrected chi connectivity index (χ0v) is 12.8. The lowest BCUT2D eigenvalue weighted by Crippen LogP contribution is -2.57. The Morgan fingerprint density at radius 2 is 1.95 bits per heavy atom. The molecule has 114 valence electrons. The van der Waals surface area contributed by atoms with Crippen molar-refractivity contribution in [3.63, 3.8) is 0 Å². The minimum absolute atomic E-state index is 0.0974. The Kier molecular flexibility index (Phi) is 2.81. The molecule has 1 unspecified atom stereocenters. The number of fused-ring (bicyclic) bond motifs is 2. The Bertz CT molecular complexity index is 735. The summed E-state index contributed by atoms with van der Waals surface area (Å²) in [7, 11) is 1.66. The third-order valence-electron chi connectivity index (χ3n) is 4.83. The maximum absolute atomic E-state index is 12.9. The van der Waals surface area contributed by atoms with Gasteiger partial charge in [-0.25, -0.2) is 0 Å². The van der Waals surface area contributed by atoms with Crippen molar-refractivity contribution in [3.05, 3.63) is 53.3 Å². The number of hydrogen-bond acceptors (Lipinski definition) is 3. The minimum atomic E-state index is -0.458. The first-order chi connectivity index (χ1) is 10.7. The van der Waals surface area contributed by atoms with Crippen LogP contribution in [0.3, 0.4) is 0 Å². The molecule has 2 aliphatic heterocycles. The van der Waals surface area contributed by atoms with Crippen molar-refractivity contribution in [3.8, 4) is 5.75 Å². The van der Waals surface area contributed by atoms with E-state index in [9.17, 15) is 4.79 Å². The third-order valence-corrected chi connectivity index (χ3v) is 4.83. The maximum atomic E-state index is 12.9. The lowest BCUT2D eigenvalue weighted by molar-refractivity contribution is 0.0394. The molecule has 0 spiro atoms. The lowest BCUT2D eigenvalue weighted by atomic mass is 9.95. The molecular weight excluding hydrogens is 278 g/mol. The van der Waals surface area contributed by atoms with Crippen LogP contribution in [0.2, 0.25) is 0 Å². The predicted molar refractivity (Wildman–Crippen MR) is 82.9 cm³/mol. The summed E-state index contributed by atoms with van der Waals surface area (Å²) < 4.78 is 7.36. The number of aryl methyl sites for hydroxylation is 1. The number of amides is 1. The zero-order valence-electron chi connectivity index (χ0n) is 12.8. The number of nitrogens with zero attached hydrogens (tertiary/aromatic N) is 2. The molecule has 2 aromatic rings. The normalized spacial score (nSPS) is 23.4. The number of nitrogens with one attached hydrogen (secondary N) is 1. The predicted octanol–water partition coefficient (Wildman–Crippen LogP) is 1.72. The van der Waals surface area contributed by atoms with Gasteiger partial charge < -0.3 is 14.2 Å². The Morgan fingerprint density at radius 1 is 1.18 bits per heavy atom. The molecule has 1 N–H and O–H groups in total. The summed E-state index contributed by atoms with van der Waals surface area (Å²) >= 11 is 0. The first-order valence-corrected chi connectivity index (χ1v) is 7.53. The summed E-state index contributed by atoms with van der Waals surface area (Å²) in [4.78, 5) is 14.8. The van der Waals surface area contributed by atoms with Crippen LogP contribution in [0.4, 0.5) is 0 Å². The molecule has 3 heterocycles. The third kappa shape index (κ3) is 1.66. The number of ether oxygens (including phenoxy) is 1. The second kappa shape index (κ2) is 4.61. The molecule has 1 amide bonds. The number of carbonyl (C=O) groups is 1.